The Morgan fingerprint density at radius 2 is 1.24 bits per heavy atom. The molecule has 0 spiro atoms. The average Bonchev–Trinajstić information content (AvgIpc) is 2.30. The standard InChI is InChI=1S/C14H25NO2/c16-13-10-8-6-4-2-1-3-5-7-9-11-15-14(17)12-13/h1-12H2,(H,15,17). The summed E-state index contributed by atoms with van der Waals surface area (Å²) in [5.41, 5.74) is 0. The number of hydrogen-bond acceptors (Lipinski definition) is 2. The first-order valence-electron chi connectivity index (χ1n) is 7.07. The number of carbonyl (C=O) groups is 2. The summed E-state index contributed by atoms with van der Waals surface area (Å²) >= 11 is 0. The predicted molar refractivity (Wildman–Crippen MR) is 68.8 cm³/mol. The van der Waals surface area contributed by atoms with Crippen LogP contribution in [0.2, 0.25) is 0 Å². The summed E-state index contributed by atoms with van der Waals surface area (Å²) in [6, 6.07) is 0. The van der Waals surface area contributed by atoms with Gasteiger partial charge in [0, 0.05) is 13.0 Å². The second kappa shape index (κ2) is 9.20. The third kappa shape index (κ3) is 7.94. The largest absolute Gasteiger partial charge is 0.356 e. The Balaban J connectivity index is 2.26. The van der Waals surface area contributed by atoms with E-state index in [1.54, 1.807) is 0 Å². The first-order chi connectivity index (χ1) is 8.29. The van der Waals surface area contributed by atoms with Gasteiger partial charge in [0.15, 0.2) is 0 Å². The van der Waals surface area contributed by atoms with Crippen LogP contribution < -0.4 is 5.32 Å². The molecule has 0 atom stereocenters. The molecule has 0 radical (unpaired) electrons. The lowest BCUT2D eigenvalue weighted by Crippen LogP contribution is -2.26. The van der Waals surface area contributed by atoms with Crippen molar-refractivity contribution in [2.75, 3.05) is 6.54 Å². The highest BCUT2D eigenvalue weighted by Gasteiger charge is 2.08. The van der Waals surface area contributed by atoms with E-state index in [0.717, 1.165) is 25.8 Å². The highest BCUT2D eigenvalue weighted by molar-refractivity contribution is 5.97. The first kappa shape index (κ1) is 14.2. The van der Waals surface area contributed by atoms with Crippen LogP contribution >= 0.6 is 0 Å². The molecule has 98 valence electrons. The van der Waals surface area contributed by atoms with Crippen molar-refractivity contribution in [3.8, 4) is 0 Å². The third-order valence-electron chi connectivity index (χ3n) is 3.31. The number of rotatable bonds is 0. The fraction of sp³-hybridized carbons (Fsp3) is 0.857. The summed E-state index contributed by atoms with van der Waals surface area (Å²) in [6.07, 6.45) is 11.4. The lowest BCUT2D eigenvalue weighted by Gasteiger charge is -2.04. The molecule has 1 fully saturated rings. The lowest BCUT2D eigenvalue weighted by molar-refractivity contribution is -0.128. The van der Waals surface area contributed by atoms with Gasteiger partial charge in [-0.3, -0.25) is 9.59 Å². The highest BCUT2D eigenvalue weighted by Crippen LogP contribution is 2.11. The molecular formula is C14H25NO2. The summed E-state index contributed by atoms with van der Waals surface area (Å²) in [4.78, 5) is 22.9. The van der Waals surface area contributed by atoms with Crippen LogP contribution in [-0.4, -0.2) is 18.2 Å². The zero-order chi connectivity index (χ0) is 12.3. The fourth-order valence-corrected chi connectivity index (χ4v) is 2.24. The summed E-state index contributed by atoms with van der Waals surface area (Å²) in [5.74, 6) is 0.00208. The van der Waals surface area contributed by atoms with Crippen LogP contribution in [0.4, 0.5) is 0 Å². The van der Waals surface area contributed by atoms with Crippen molar-refractivity contribution in [1.29, 1.82) is 0 Å². The second-order valence-corrected chi connectivity index (χ2v) is 5.00. The average molecular weight is 239 g/mol. The molecule has 1 saturated heterocycles. The maximum atomic E-state index is 11.5. The van der Waals surface area contributed by atoms with Crippen LogP contribution in [0, 0.1) is 0 Å². The number of ketones is 1. The molecule has 1 amide bonds. The lowest BCUT2D eigenvalue weighted by atomic mass is 10.1. The van der Waals surface area contributed by atoms with Crippen LogP contribution in [-0.2, 0) is 9.59 Å². The quantitative estimate of drug-likeness (QED) is 0.661. The maximum Gasteiger partial charge on any atom is 0.227 e. The first-order valence-corrected chi connectivity index (χ1v) is 7.07. The zero-order valence-electron chi connectivity index (χ0n) is 10.8. The molecule has 0 bridgehead atoms. The molecule has 0 aliphatic carbocycles. The Bertz CT molecular complexity index is 214. The van der Waals surface area contributed by atoms with Crippen molar-refractivity contribution in [2.45, 2.75) is 70.6 Å². The van der Waals surface area contributed by atoms with Crippen molar-refractivity contribution >= 4 is 11.7 Å². The minimum Gasteiger partial charge on any atom is -0.356 e. The summed E-state index contributed by atoms with van der Waals surface area (Å²) in [7, 11) is 0. The molecule has 0 aromatic carbocycles. The van der Waals surface area contributed by atoms with Crippen molar-refractivity contribution in [3.63, 3.8) is 0 Å². The number of carbonyl (C=O) groups excluding carboxylic acids is 2. The Kier molecular flexibility index (Phi) is 7.69. The van der Waals surface area contributed by atoms with Crippen molar-refractivity contribution in [2.24, 2.45) is 0 Å². The van der Waals surface area contributed by atoms with Crippen molar-refractivity contribution in [1.82, 2.24) is 5.32 Å². The van der Waals surface area contributed by atoms with Gasteiger partial charge in [0.25, 0.3) is 0 Å². The number of Topliss-reactive ketones (excluding diaryl/α,β-unsaturated/α-hetero) is 1. The predicted octanol–water partition coefficient (Wildman–Crippen LogP) is 2.98. The molecule has 1 aliphatic rings. The molecule has 1 aliphatic heterocycles. The molecule has 1 rings (SSSR count). The normalized spacial score (nSPS) is 22.4. The van der Waals surface area contributed by atoms with E-state index in [-0.39, 0.29) is 18.1 Å². The van der Waals surface area contributed by atoms with E-state index < -0.39 is 0 Å². The molecule has 3 heteroatoms. The maximum absolute atomic E-state index is 11.5. The van der Waals surface area contributed by atoms with Gasteiger partial charge in [0.1, 0.15) is 5.78 Å². The van der Waals surface area contributed by atoms with Crippen molar-refractivity contribution in [3.05, 3.63) is 0 Å². The molecule has 0 aromatic heterocycles. The van der Waals surface area contributed by atoms with Gasteiger partial charge in [0.05, 0.1) is 6.42 Å². The Morgan fingerprint density at radius 3 is 1.88 bits per heavy atom. The number of nitrogens with one attached hydrogen (secondary N) is 1. The second-order valence-electron chi connectivity index (χ2n) is 5.00. The van der Waals surface area contributed by atoms with Gasteiger partial charge in [0.2, 0.25) is 5.91 Å². The van der Waals surface area contributed by atoms with E-state index in [0.29, 0.717) is 6.42 Å². The van der Waals surface area contributed by atoms with Gasteiger partial charge in [-0.25, -0.2) is 0 Å². The minimum absolute atomic E-state index is 0.0833. The molecule has 0 aromatic rings. The molecule has 3 nitrogen and oxygen atoms in total. The van der Waals surface area contributed by atoms with E-state index in [2.05, 4.69) is 5.32 Å². The van der Waals surface area contributed by atoms with Gasteiger partial charge in [-0.2, -0.15) is 0 Å². The zero-order valence-corrected chi connectivity index (χ0v) is 10.8. The van der Waals surface area contributed by atoms with E-state index in [9.17, 15) is 9.59 Å². The van der Waals surface area contributed by atoms with E-state index in [1.165, 1.54) is 38.5 Å². The van der Waals surface area contributed by atoms with Gasteiger partial charge in [-0.05, 0) is 12.8 Å². The summed E-state index contributed by atoms with van der Waals surface area (Å²) in [5, 5.41) is 2.82. The van der Waals surface area contributed by atoms with Gasteiger partial charge < -0.3 is 5.32 Å². The number of amides is 1. The monoisotopic (exact) mass is 239 g/mol. The smallest absolute Gasteiger partial charge is 0.227 e. The van der Waals surface area contributed by atoms with Crippen LogP contribution in [0.5, 0.6) is 0 Å². The highest BCUT2D eigenvalue weighted by atomic mass is 16.2. The Morgan fingerprint density at radius 1 is 0.706 bits per heavy atom. The van der Waals surface area contributed by atoms with Gasteiger partial charge in [-0.15, -0.1) is 0 Å². The van der Waals surface area contributed by atoms with Crippen LogP contribution in [0.1, 0.15) is 70.6 Å². The SMILES string of the molecule is O=C1CCCCCCCCCCCNC(=O)C1. The molecule has 0 saturated carbocycles. The summed E-state index contributed by atoms with van der Waals surface area (Å²) in [6.45, 7) is 0.728. The van der Waals surface area contributed by atoms with E-state index in [1.807, 2.05) is 0 Å². The van der Waals surface area contributed by atoms with Crippen LogP contribution in [0.15, 0.2) is 0 Å². The van der Waals surface area contributed by atoms with Crippen molar-refractivity contribution < 1.29 is 9.59 Å². The molecule has 1 heterocycles. The van der Waals surface area contributed by atoms with E-state index in [4.69, 9.17) is 0 Å². The van der Waals surface area contributed by atoms with Crippen LogP contribution in [0.3, 0.4) is 0 Å². The molecule has 17 heavy (non-hydrogen) atoms. The Hall–Kier alpha value is -0.860. The number of hydrogen-bond donors (Lipinski definition) is 1. The molecular weight excluding hydrogens is 214 g/mol. The van der Waals surface area contributed by atoms with Gasteiger partial charge in [-0.1, -0.05) is 44.9 Å². The molecule has 0 unspecified atom stereocenters. The Labute approximate surface area is 104 Å². The van der Waals surface area contributed by atoms with Gasteiger partial charge >= 0.3 is 0 Å². The van der Waals surface area contributed by atoms with Crippen LogP contribution in [0.25, 0.3) is 0 Å². The topological polar surface area (TPSA) is 46.2 Å². The molecule has 1 N–H and O–H groups in total. The fourth-order valence-electron chi connectivity index (χ4n) is 2.24. The third-order valence-corrected chi connectivity index (χ3v) is 3.31. The minimum atomic E-state index is -0.0927. The van der Waals surface area contributed by atoms with E-state index >= 15 is 0 Å². The summed E-state index contributed by atoms with van der Waals surface area (Å²) < 4.78 is 0.